The van der Waals surface area contributed by atoms with E-state index in [9.17, 15) is 4.79 Å². The number of rotatable bonds is 7. The molecule has 0 saturated carbocycles. The first-order valence-corrected chi connectivity index (χ1v) is 9.54. The SMILES string of the molecule is C[C@@H]1CCCN(CCCNC(=O)Cc2csc(-c3ccoc3)n2)C1. The first-order valence-electron chi connectivity index (χ1n) is 8.67. The number of carbonyl (C=O) groups is 1. The van der Waals surface area contributed by atoms with Gasteiger partial charge in [0.05, 0.1) is 18.4 Å². The molecule has 6 heteroatoms. The van der Waals surface area contributed by atoms with Crippen LogP contribution in [-0.2, 0) is 11.2 Å². The van der Waals surface area contributed by atoms with E-state index in [0.717, 1.165) is 41.7 Å². The number of piperidine rings is 1. The van der Waals surface area contributed by atoms with Gasteiger partial charge in [-0.1, -0.05) is 6.92 Å². The standard InChI is InChI=1S/C18H25N3O2S/c1-14-4-2-7-21(11-14)8-3-6-19-17(22)10-16-13-24-18(20-16)15-5-9-23-12-15/h5,9,12-14H,2-4,6-8,10-11H2,1H3,(H,19,22)/t14-/m1/s1. The van der Waals surface area contributed by atoms with Crippen LogP contribution in [0.4, 0.5) is 0 Å². The molecule has 1 saturated heterocycles. The Balaban J connectivity index is 1.35. The van der Waals surface area contributed by atoms with E-state index in [0.29, 0.717) is 6.42 Å². The minimum absolute atomic E-state index is 0.0473. The zero-order valence-electron chi connectivity index (χ0n) is 14.2. The van der Waals surface area contributed by atoms with Crippen LogP contribution in [0, 0.1) is 5.92 Å². The summed E-state index contributed by atoms with van der Waals surface area (Å²) in [4.78, 5) is 19.0. The van der Waals surface area contributed by atoms with E-state index < -0.39 is 0 Å². The van der Waals surface area contributed by atoms with Gasteiger partial charge >= 0.3 is 0 Å². The molecule has 0 aliphatic carbocycles. The number of aromatic nitrogens is 1. The van der Waals surface area contributed by atoms with E-state index in [4.69, 9.17) is 4.42 Å². The fourth-order valence-corrected chi connectivity index (χ4v) is 3.96. The summed E-state index contributed by atoms with van der Waals surface area (Å²) < 4.78 is 5.06. The van der Waals surface area contributed by atoms with E-state index in [-0.39, 0.29) is 5.91 Å². The van der Waals surface area contributed by atoms with E-state index in [1.165, 1.54) is 37.3 Å². The Morgan fingerprint density at radius 2 is 2.46 bits per heavy atom. The zero-order valence-corrected chi connectivity index (χ0v) is 15.0. The van der Waals surface area contributed by atoms with Crippen LogP contribution in [0.5, 0.6) is 0 Å². The first-order chi connectivity index (χ1) is 11.7. The molecule has 1 fully saturated rings. The predicted octanol–water partition coefficient (Wildman–Crippen LogP) is 3.18. The summed E-state index contributed by atoms with van der Waals surface area (Å²) in [5, 5.41) is 5.84. The summed E-state index contributed by atoms with van der Waals surface area (Å²) in [5.74, 6) is 0.855. The molecule has 1 aliphatic heterocycles. The van der Waals surface area contributed by atoms with Crippen LogP contribution in [-0.4, -0.2) is 42.0 Å². The number of furan rings is 1. The van der Waals surface area contributed by atoms with Crippen molar-refractivity contribution >= 4 is 17.2 Å². The van der Waals surface area contributed by atoms with Crippen LogP contribution in [0.1, 0.15) is 31.9 Å². The maximum atomic E-state index is 12.0. The number of hydrogen-bond acceptors (Lipinski definition) is 5. The van der Waals surface area contributed by atoms with Crippen LogP contribution in [0.15, 0.2) is 28.4 Å². The molecule has 1 atom stereocenters. The molecular weight excluding hydrogens is 322 g/mol. The molecule has 3 heterocycles. The van der Waals surface area contributed by atoms with Crippen molar-refractivity contribution in [1.82, 2.24) is 15.2 Å². The van der Waals surface area contributed by atoms with Crippen LogP contribution in [0.3, 0.4) is 0 Å². The Morgan fingerprint density at radius 1 is 1.54 bits per heavy atom. The average Bonchev–Trinajstić information content (AvgIpc) is 3.23. The molecule has 0 radical (unpaired) electrons. The van der Waals surface area contributed by atoms with E-state index in [1.54, 1.807) is 12.5 Å². The van der Waals surface area contributed by atoms with Gasteiger partial charge < -0.3 is 14.6 Å². The number of amides is 1. The highest BCUT2D eigenvalue weighted by atomic mass is 32.1. The van der Waals surface area contributed by atoms with Gasteiger partial charge in [0.15, 0.2) is 0 Å². The highest BCUT2D eigenvalue weighted by Crippen LogP contribution is 2.24. The fourth-order valence-electron chi connectivity index (χ4n) is 3.15. The van der Waals surface area contributed by atoms with Crippen molar-refractivity contribution < 1.29 is 9.21 Å². The summed E-state index contributed by atoms with van der Waals surface area (Å²) in [6, 6.07) is 1.88. The van der Waals surface area contributed by atoms with Gasteiger partial charge in [-0.2, -0.15) is 0 Å². The second-order valence-corrected chi connectivity index (χ2v) is 7.44. The Labute approximate surface area is 147 Å². The van der Waals surface area contributed by atoms with Gasteiger partial charge in [0.1, 0.15) is 11.3 Å². The Hall–Kier alpha value is -1.66. The summed E-state index contributed by atoms with van der Waals surface area (Å²) in [7, 11) is 0. The maximum Gasteiger partial charge on any atom is 0.226 e. The highest BCUT2D eigenvalue weighted by Gasteiger charge is 2.15. The molecule has 0 spiro atoms. The number of thiazole rings is 1. The fraction of sp³-hybridized carbons (Fsp3) is 0.556. The number of likely N-dealkylation sites (tertiary alicyclic amines) is 1. The van der Waals surface area contributed by atoms with Crippen LogP contribution in [0.2, 0.25) is 0 Å². The lowest BCUT2D eigenvalue weighted by atomic mass is 10.0. The Morgan fingerprint density at radius 3 is 3.25 bits per heavy atom. The lowest BCUT2D eigenvalue weighted by Gasteiger charge is -2.30. The van der Waals surface area contributed by atoms with E-state index >= 15 is 0 Å². The molecule has 24 heavy (non-hydrogen) atoms. The maximum absolute atomic E-state index is 12.0. The van der Waals surface area contributed by atoms with Gasteiger partial charge in [-0.25, -0.2) is 4.98 Å². The lowest BCUT2D eigenvalue weighted by Crippen LogP contribution is -2.36. The predicted molar refractivity (Wildman–Crippen MR) is 96.0 cm³/mol. The van der Waals surface area contributed by atoms with Crippen molar-refractivity contribution in [2.45, 2.75) is 32.6 Å². The van der Waals surface area contributed by atoms with E-state index in [2.05, 4.69) is 22.1 Å². The Kier molecular flexibility index (Phi) is 6.04. The number of nitrogens with zero attached hydrogens (tertiary/aromatic N) is 2. The van der Waals surface area contributed by atoms with Gasteiger partial charge in [0.25, 0.3) is 0 Å². The summed E-state index contributed by atoms with van der Waals surface area (Å²) >= 11 is 1.54. The van der Waals surface area contributed by atoms with Gasteiger partial charge in [0.2, 0.25) is 5.91 Å². The van der Waals surface area contributed by atoms with Crippen LogP contribution >= 0.6 is 11.3 Å². The monoisotopic (exact) mass is 347 g/mol. The minimum atomic E-state index is 0.0473. The molecule has 1 N–H and O–H groups in total. The second-order valence-electron chi connectivity index (χ2n) is 6.58. The summed E-state index contributed by atoms with van der Waals surface area (Å²) in [6.45, 7) is 6.53. The van der Waals surface area contributed by atoms with Gasteiger partial charge in [-0.15, -0.1) is 11.3 Å². The van der Waals surface area contributed by atoms with Crippen molar-refractivity contribution in [3.63, 3.8) is 0 Å². The van der Waals surface area contributed by atoms with Crippen molar-refractivity contribution in [3.05, 3.63) is 29.7 Å². The quantitative estimate of drug-likeness (QED) is 0.782. The molecule has 1 aliphatic rings. The van der Waals surface area contributed by atoms with Crippen LogP contribution in [0.25, 0.3) is 10.6 Å². The Bertz CT molecular complexity index is 638. The molecular formula is C18H25N3O2S. The largest absolute Gasteiger partial charge is 0.472 e. The molecule has 0 aromatic carbocycles. The van der Waals surface area contributed by atoms with Gasteiger partial charge in [-0.3, -0.25) is 4.79 Å². The van der Waals surface area contributed by atoms with Gasteiger partial charge in [-0.05, 0) is 44.3 Å². The molecule has 1 amide bonds. The molecule has 2 aromatic rings. The molecule has 5 nitrogen and oxygen atoms in total. The van der Waals surface area contributed by atoms with Crippen molar-refractivity contribution in [3.8, 4) is 10.6 Å². The summed E-state index contributed by atoms with van der Waals surface area (Å²) in [6.07, 6.45) is 7.30. The third kappa shape index (κ3) is 4.92. The molecule has 3 rings (SSSR count). The number of carbonyl (C=O) groups excluding carboxylic acids is 1. The van der Waals surface area contributed by atoms with Crippen molar-refractivity contribution in [2.24, 2.45) is 5.92 Å². The third-order valence-corrected chi connectivity index (χ3v) is 5.32. The zero-order chi connectivity index (χ0) is 16.8. The average molecular weight is 347 g/mol. The highest BCUT2D eigenvalue weighted by molar-refractivity contribution is 7.13. The second kappa shape index (κ2) is 8.44. The molecule has 130 valence electrons. The van der Waals surface area contributed by atoms with E-state index in [1.807, 2.05) is 11.4 Å². The number of hydrogen-bond donors (Lipinski definition) is 1. The molecule has 0 bridgehead atoms. The van der Waals surface area contributed by atoms with Crippen molar-refractivity contribution in [1.29, 1.82) is 0 Å². The lowest BCUT2D eigenvalue weighted by molar-refractivity contribution is -0.120. The third-order valence-electron chi connectivity index (χ3n) is 4.38. The molecule has 2 aromatic heterocycles. The van der Waals surface area contributed by atoms with Crippen molar-refractivity contribution in [2.75, 3.05) is 26.2 Å². The first kappa shape index (κ1) is 17.2. The smallest absolute Gasteiger partial charge is 0.226 e. The van der Waals surface area contributed by atoms with Gasteiger partial charge in [0, 0.05) is 24.0 Å². The molecule has 0 unspecified atom stereocenters. The topological polar surface area (TPSA) is 58.4 Å². The number of nitrogens with one attached hydrogen (secondary N) is 1. The normalized spacial score (nSPS) is 18.6. The van der Waals surface area contributed by atoms with Crippen LogP contribution < -0.4 is 5.32 Å². The minimum Gasteiger partial charge on any atom is -0.472 e. The summed E-state index contributed by atoms with van der Waals surface area (Å²) in [5.41, 5.74) is 1.78.